The van der Waals surface area contributed by atoms with Gasteiger partial charge < -0.3 is 9.47 Å². The van der Waals surface area contributed by atoms with E-state index in [0.717, 1.165) is 22.7 Å². The molecule has 326 valence electrons. The topological polar surface area (TPSA) is 8.17 Å². The lowest BCUT2D eigenvalue weighted by molar-refractivity contribution is 0.445. The number of para-hydroxylation sites is 5. The molecule has 1 saturated carbocycles. The van der Waals surface area contributed by atoms with Crippen LogP contribution in [0.4, 0.5) is 17.1 Å². The van der Waals surface area contributed by atoms with E-state index in [1.807, 2.05) is 0 Å². The van der Waals surface area contributed by atoms with Crippen molar-refractivity contribution in [2.75, 3.05) is 4.90 Å². The highest BCUT2D eigenvalue weighted by Gasteiger charge is 2.41. The predicted octanol–water partition coefficient (Wildman–Crippen LogP) is 18.1. The number of rotatable bonds is 8. The minimum atomic E-state index is -0.322. The Bertz CT molecular complexity index is 3680. The van der Waals surface area contributed by atoms with E-state index in [1.54, 1.807) is 0 Å². The number of fused-ring (bicyclic) bond motifs is 7. The van der Waals surface area contributed by atoms with E-state index in [9.17, 15) is 0 Å². The van der Waals surface area contributed by atoms with E-state index in [-0.39, 0.29) is 5.41 Å². The molecule has 0 spiro atoms. The summed E-state index contributed by atoms with van der Waals surface area (Å²) in [5.41, 5.74) is 19.5. The molecule has 0 saturated heterocycles. The summed E-state index contributed by atoms with van der Waals surface area (Å²) in [7, 11) is 0. The van der Waals surface area contributed by atoms with Gasteiger partial charge in [-0.15, -0.1) is 0 Å². The molecule has 68 heavy (non-hydrogen) atoms. The van der Waals surface area contributed by atoms with Gasteiger partial charge in [0, 0.05) is 33.0 Å². The average Bonchev–Trinajstić information content (AvgIpc) is 3.89. The number of nitrogens with zero attached hydrogens (tertiary/aromatic N) is 2. The van der Waals surface area contributed by atoms with Crippen molar-refractivity contribution < 1.29 is 0 Å². The molecule has 2 aliphatic carbocycles. The number of aromatic nitrogens is 1. The lowest BCUT2D eigenvalue weighted by Gasteiger charge is -2.32. The Morgan fingerprint density at radius 1 is 0.441 bits per heavy atom. The first-order valence-electron chi connectivity index (χ1n) is 24.5. The lowest BCUT2D eigenvalue weighted by atomic mass is 9.74. The van der Waals surface area contributed by atoms with E-state index >= 15 is 0 Å². The normalized spacial score (nSPS) is 15.7. The van der Waals surface area contributed by atoms with Crippen molar-refractivity contribution in [3.63, 3.8) is 0 Å². The van der Waals surface area contributed by atoms with Crippen molar-refractivity contribution in [1.82, 2.24) is 4.57 Å². The van der Waals surface area contributed by atoms with Crippen LogP contribution >= 0.6 is 0 Å². The molecule has 1 unspecified atom stereocenters. The van der Waals surface area contributed by atoms with Crippen LogP contribution in [0.3, 0.4) is 0 Å². The maximum absolute atomic E-state index is 2.59. The molecule has 1 heterocycles. The van der Waals surface area contributed by atoms with Gasteiger partial charge in [0.05, 0.1) is 28.1 Å². The maximum atomic E-state index is 2.59. The average molecular weight is 873 g/mol. The van der Waals surface area contributed by atoms with Gasteiger partial charge in [0.25, 0.3) is 0 Å². The molecule has 0 N–H and O–H groups in total. The Kier molecular flexibility index (Phi) is 9.75. The molecular weight excluding hydrogens is 821 g/mol. The van der Waals surface area contributed by atoms with E-state index < -0.39 is 0 Å². The largest absolute Gasteiger partial charge is 0.307 e. The third-order valence-corrected chi connectivity index (χ3v) is 15.5. The molecule has 0 amide bonds. The van der Waals surface area contributed by atoms with Crippen molar-refractivity contribution in [2.45, 2.75) is 50.4 Å². The van der Waals surface area contributed by atoms with Gasteiger partial charge in [0.15, 0.2) is 0 Å². The summed E-state index contributed by atoms with van der Waals surface area (Å²) in [5, 5.41) is 5.15. The first-order chi connectivity index (χ1) is 33.7. The fraction of sp³-hybridized carbons (Fsp3) is 0.121. The molecule has 11 aromatic rings. The Hall–Kier alpha value is -7.94. The standard InChI is InChI=1S/C66H52N2/c1-66(48-26-7-3-8-27-48)58-37-15-11-31-52(58)53-43-42-47(44-59(53)66)50-30-12-16-38-60(50)68(63-41-21-36-57-55-33-14-17-39-61(55)67(65(57)63)49-28-9-4-10-29-49)62-40-18-13-32-54(62)56-35-20-25-46-24-19-34-51(64(46)56)45-22-5-2-6-23-45/h3-4,7-21,24-45H,2,5-6,22-23H2,1H3. The van der Waals surface area contributed by atoms with E-state index in [1.165, 1.54) is 120 Å². The number of anilines is 3. The minimum Gasteiger partial charge on any atom is -0.307 e. The molecule has 2 nitrogen and oxygen atoms in total. The Morgan fingerprint density at radius 2 is 1.03 bits per heavy atom. The molecule has 0 aliphatic heterocycles. The summed E-state index contributed by atoms with van der Waals surface area (Å²) < 4.78 is 2.48. The third-order valence-electron chi connectivity index (χ3n) is 15.5. The van der Waals surface area contributed by atoms with Crippen molar-refractivity contribution in [1.29, 1.82) is 0 Å². The summed E-state index contributed by atoms with van der Waals surface area (Å²) in [4.78, 5) is 2.59. The number of hydrogen-bond acceptors (Lipinski definition) is 1. The monoisotopic (exact) mass is 872 g/mol. The summed E-state index contributed by atoms with van der Waals surface area (Å²) in [6.45, 7) is 2.42. The van der Waals surface area contributed by atoms with Crippen LogP contribution in [-0.4, -0.2) is 4.57 Å². The third kappa shape index (κ3) is 6.31. The summed E-state index contributed by atoms with van der Waals surface area (Å²) in [6.07, 6.45) is 6.41. The second kappa shape index (κ2) is 16.4. The predicted molar refractivity (Wildman–Crippen MR) is 287 cm³/mol. The van der Waals surface area contributed by atoms with Crippen molar-refractivity contribution >= 4 is 49.6 Å². The van der Waals surface area contributed by atoms with Crippen LogP contribution in [0, 0.1) is 0 Å². The van der Waals surface area contributed by atoms with Crippen LogP contribution in [0.15, 0.2) is 231 Å². The molecule has 0 bridgehead atoms. The fourth-order valence-electron chi connectivity index (χ4n) is 12.3. The van der Waals surface area contributed by atoms with Gasteiger partial charge in [-0.1, -0.05) is 207 Å². The first kappa shape index (κ1) is 40.3. The molecule has 0 radical (unpaired) electrons. The van der Waals surface area contributed by atoms with Gasteiger partial charge in [-0.2, -0.15) is 0 Å². The lowest BCUT2D eigenvalue weighted by Crippen LogP contribution is -2.22. The molecule has 1 fully saturated rings. The van der Waals surface area contributed by atoms with E-state index in [0.29, 0.717) is 5.92 Å². The van der Waals surface area contributed by atoms with E-state index in [2.05, 4.69) is 247 Å². The number of benzene rings is 10. The highest BCUT2D eigenvalue weighted by molar-refractivity contribution is 6.15. The molecule has 2 heteroatoms. The van der Waals surface area contributed by atoms with Crippen molar-refractivity contribution in [2.24, 2.45) is 0 Å². The van der Waals surface area contributed by atoms with Crippen LogP contribution in [0.25, 0.3) is 71.6 Å². The first-order valence-corrected chi connectivity index (χ1v) is 24.5. The molecule has 13 rings (SSSR count). The minimum absolute atomic E-state index is 0.322. The van der Waals surface area contributed by atoms with Crippen LogP contribution in [-0.2, 0) is 5.41 Å². The van der Waals surface area contributed by atoms with Gasteiger partial charge in [-0.25, -0.2) is 0 Å². The molecule has 2 aliphatic rings. The van der Waals surface area contributed by atoms with Gasteiger partial charge >= 0.3 is 0 Å². The zero-order chi connectivity index (χ0) is 45.2. The number of hydrogen-bond donors (Lipinski definition) is 0. The highest BCUT2D eigenvalue weighted by Crippen LogP contribution is 2.55. The van der Waals surface area contributed by atoms with Crippen LogP contribution in [0.1, 0.15) is 67.2 Å². The highest BCUT2D eigenvalue weighted by atomic mass is 15.2. The maximum Gasteiger partial charge on any atom is 0.0782 e. The van der Waals surface area contributed by atoms with Crippen molar-refractivity contribution in [3.8, 4) is 39.1 Å². The van der Waals surface area contributed by atoms with Gasteiger partial charge in [0.2, 0.25) is 0 Å². The van der Waals surface area contributed by atoms with Gasteiger partial charge in [0.1, 0.15) is 0 Å². The quantitative estimate of drug-likeness (QED) is 0.148. The summed E-state index contributed by atoms with van der Waals surface area (Å²) in [5.74, 6) is 0.556. The van der Waals surface area contributed by atoms with Crippen LogP contribution < -0.4 is 4.90 Å². The van der Waals surface area contributed by atoms with Gasteiger partial charge in [-0.05, 0) is 123 Å². The van der Waals surface area contributed by atoms with E-state index in [4.69, 9.17) is 0 Å². The van der Waals surface area contributed by atoms with Gasteiger partial charge in [-0.3, -0.25) is 0 Å². The molecular formula is C66H52N2. The molecule has 1 aromatic heterocycles. The van der Waals surface area contributed by atoms with Crippen LogP contribution in [0.2, 0.25) is 0 Å². The van der Waals surface area contributed by atoms with Crippen molar-refractivity contribution in [3.05, 3.63) is 253 Å². The molecule has 10 aromatic carbocycles. The Morgan fingerprint density at radius 3 is 1.84 bits per heavy atom. The fourth-order valence-corrected chi connectivity index (χ4v) is 12.3. The SMILES string of the molecule is CC1(c2ccccc2)c2ccccc2-c2ccc(-c3ccccc3N(c3ccccc3-c3cccc4cccc(C5CCCCC5)c34)c3cccc4c5ccccc5n(-c5ccccc5)c34)cc21. The smallest absolute Gasteiger partial charge is 0.0782 e. The zero-order valence-corrected chi connectivity index (χ0v) is 38.4. The zero-order valence-electron chi connectivity index (χ0n) is 38.4. The summed E-state index contributed by atoms with van der Waals surface area (Å²) in [6, 6.07) is 86.3. The second-order valence-electron chi connectivity index (χ2n) is 19.1. The molecule has 1 atom stereocenters. The van der Waals surface area contributed by atoms with Crippen LogP contribution in [0.5, 0.6) is 0 Å². The Balaban J connectivity index is 1.10. The summed E-state index contributed by atoms with van der Waals surface area (Å²) >= 11 is 0. The Labute approximate surface area is 399 Å². The second-order valence-corrected chi connectivity index (χ2v) is 19.1.